The molecule has 2 saturated carbocycles. The smallest absolute Gasteiger partial charge is 0.0339 e. The van der Waals surface area contributed by atoms with Gasteiger partial charge in [-0.15, -0.1) is 0 Å². The van der Waals surface area contributed by atoms with Gasteiger partial charge in [-0.1, -0.05) is 73.8 Å². The van der Waals surface area contributed by atoms with Gasteiger partial charge in [0.25, 0.3) is 0 Å². The molecule has 0 radical (unpaired) electrons. The average Bonchev–Trinajstić information content (AvgIpc) is 3.03. The standard InChI is InChI=1S/C21H20/c1-15-16(2)20-14-13-19(15)21(20,17-9-5-3-6-10-17)18-11-7-4-8-12-18/h3-12,19-20H,1-2,13-14H2/t19-,20+. The van der Waals surface area contributed by atoms with Gasteiger partial charge in [0.1, 0.15) is 0 Å². The molecule has 2 atom stereocenters. The lowest BCUT2D eigenvalue weighted by Crippen LogP contribution is -2.33. The van der Waals surface area contributed by atoms with Crippen molar-refractivity contribution in [2.75, 3.05) is 0 Å². The summed E-state index contributed by atoms with van der Waals surface area (Å²) in [5.41, 5.74) is 5.45. The van der Waals surface area contributed by atoms with Gasteiger partial charge in [-0.05, 0) is 47.0 Å². The fourth-order valence-corrected chi connectivity index (χ4v) is 4.78. The molecule has 0 saturated heterocycles. The zero-order chi connectivity index (χ0) is 14.4. The topological polar surface area (TPSA) is 0 Å². The molecule has 2 bridgehead atoms. The van der Waals surface area contributed by atoms with Crippen LogP contribution in [0.2, 0.25) is 0 Å². The predicted octanol–water partition coefficient (Wildman–Crippen LogP) is 5.12. The largest absolute Gasteiger partial charge is 0.0952 e. The van der Waals surface area contributed by atoms with Crippen molar-refractivity contribution in [1.82, 2.24) is 0 Å². The second-order valence-corrected chi connectivity index (χ2v) is 6.33. The Morgan fingerprint density at radius 2 is 1.05 bits per heavy atom. The third-order valence-corrected chi connectivity index (χ3v) is 5.60. The number of allylic oxidation sites excluding steroid dienone is 2. The first-order valence-corrected chi connectivity index (χ1v) is 7.75. The van der Waals surface area contributed by atoms with E-state index in [1.807, 2.05) is 0 Å². The fraction of sp³-hybridized carbons (Fsp3) is 0.238. The third kappa shape index (κ3) is 1.51. The molecule has 2 aliphatic carbocycles. The molecule has 21 heavy (non-hydrogen) atoms. The van der Waals surface area contributed by atoms with Crippen molar-refractivity contribution in [2.24, 2.45) is 11.8 Å². The summed E-state index contributed by atoms with van der Waals surface area (Å²) in [6.45, 7) is 8.73. The van der Waals surface area contributed by atoms with Crippen LogP contribution in [-0.4, -0.2) is 0 Å². The normalized spacial score (nSPS) is 26.3. The summed E-state index contributed by atoms with van der Waals surface area (Å²) in [7, 11) is 0. The van der Waals surface area contributed by atoms with E-state index in [1.165, 1.54) is 35.1 Å². The maximum Gasteiger partial charge on any atom is 0.0339 e. The lowest BCUT2D eigenvalue weighted by atomic mass is 9.66. The summed E-state index contributed by atoms with van der Waals surface area (Å²) >= 11 is 0. The van der Waals surface area contributed by atoms with E-state index in [2.05, 4.69) is 73.8 Å². The van der Waals surface area contributed by atoms with Gasteiger partial charge in [0.15, 0.2) is 0 Å². The highest BCUT2D eigenvalue weighted by atomic mass is 14.6. The summed E-state index contributed by atoms with van der Waals surface area (Å²) in [5, 5.41) is 0. The van der Waals surface area contributed by atoms with Crippen molar-refractivity contribution in [3.63, 3.8) is 0 Å². The minimum absolute atomic E-state index is 0.0523. The van der Waals surface area contributed by atoms with Crippen molar-refractivity contribution < 1.29 is 0 Å². The van der Waals surface area contributed by atoms with Gasteiger partial charge in [0.2, 0.25) is 0 Å². The summed E-state index contributed by atoms with van der Waals surface area (Å²) in [6.07, 6.45) is 2.46. The van der Waals surface area contributed by atoms with Crippen LogP contribution in [0, 0.1) is 11.8 Å². The summed E-state index contributed by atoms with van der Waals surface area (Å²) < 4.78 is 0. The molecule has 0 heterocycles. The second-order valence-electron chi connectivity index (χ2n) is 6.33. The van der Waals surface area contributed by atoms with Gasteiger partial charge in [0, 0.05) is 5.41 Å². The van der Waals surface area contributed by atoms with Gasteiger partial charge in [0.05, 0.1) is 0 Å². The molecule has 0 nitrogen and oxygen atoms in total. The molecule has 0 spiro atoms. The van der Waals surface area contributed by atoms with E-state index in [0.29, 0.717) is 11.8 Å². The molecule has 0 amide bonds. The van der Waals surface area contributed by atoms with E-state index in [9.17, 15) is 0 Å². The molecule has 4 rings (SSSR count). The predicted molar refractivity (Wildman–Crippen MR) is 88.2 cm³/mol. The van der Waals surface area contributed by atoms with Crippen molar-refractivity contribution in [2.45, 2.75) is 18.3 Å². The van der Waals surface area contributed by atoms with Gasteiger partial charge >= 0.3 is 0 Å². The molecular weight excluding hydrogens is 252 g/mol. The zero-order valence-electron chi connectivity index (χ0n) is 12.3. The van der Waals surface area contributed by atoms with E-state index < -0.39 is 0 Å². The Bertz CT molecular complexity index is 630. The highest BCUT2D eigenvalue weighted by Crippen LogP contribution is 2.65. The average molecular weight is 272 g/mol. The third-order valence-electron chi connectivity index (χ3n) is 5.60. The number of fused-ring (bicyclic) bond motifs is 2. The van der Waals surface area contributed by atoms with Crippen LogP contribution in [-0.2, 0) is 5.41 Å². The maximum atomic E-state index is 4.36. The molecule has 2 fully saturated rings. The fourth-order valence-electron chi connectivity index (χ4n) is 4.78. The SMILES string of the molecule is C=C1C(=C)[C@@H]2CC[C@H]1C2(c1ccccc1)c1ccccc1. The van der Waals surface area contributed by atoms with Crippen LogP contribution in [0.3, 0.4) is 0 Å². The van der Waals surface area contributed by atoms with E-state index in [-0.39, 0.29) is 5.41 Å². The van der Waals surface area contributed by atoms with Crippen molar-refractivity contribution in [3.05, 3.63) is 96.1 Å². The molecule has 0 N–H and O–H groups in total. The van der Waals surface area contributed by atoms with Gasteiger partial charge in [-0.2, -0.15) is 0 Å². The molecule has 0 aliphatic heterocycles. The molecule has 0 unspecified atom stereocenters. The summed E-state index contributed by atoms with van der Waals surface area (Å²) in [6, 6.07) is 22.0. The highest BCUT2D eigenvalue weighted by Gasteiger charge is 2.59. The first-order chi connectivity index (χ1) is 10.3. The Balaban J connectivity index is 2.02. The van der Waals surface area contributed by atoms with E-state index in [1.54, 1.807) is 0 Å². The van der Waals surface area contributed by atoms with Crippen LogP contribution in [0.25, 0.3) is 0 Å². The minimum atomic E-state index is 0.0523. The summed E-state index contributed by atoms with van der Waals surface area (Å²) in [5.74, 6) is 1.000. The second kappa shape index (κ2) is 4.46. The lowest BCUT2D eigenvalue weighted by Gasteiger charge is -2.35. The lowest BCUT2D eigenvalue weighted by molar-refractivity contribution is 0.417. The Morgan fingerprint density at radius 3 is 1.43 bits per heavy atom. The van der Waals surface area contributed by atoms with Crippen LogP contribution in [0.4, 0.5) is 0 Å². The molecular formula is C21H20. The monoisotopic (exact) mass is 272 g/mol. The highest BCUT2D eigenvalue weighted by molar-refractivity contribution is 5.57. The Labute approximate surface area is 126 Å². The summed E-state index contributed by atoms with van der Waals surface area (Å²) in [4.78, 5) is 0. The van der Waals surface area contributed by atoms with Crippen molar-refractivity contribution in [1.29, 1.82) is 0 Å². The van der Waals surface area contributed by atoms with Gasteiger partial charge in [-0.25, -0.2) is 0 Å². The minimum Gasteiger partial charge on any atom is -0.0952 e. The number of hydrogen-bond acceptors (Lipinski definition) is 0. The first kappa shape index (κ1) is 12.6. The van der Waals surface area contributed by atoms with Crippen LogP contribution < -0.4 is 0 Å². The van der Waals surface area contributed by atoms with Crippen LogP contribution >= 0.6 is 0 Å². The quantitative estimate of drug-likeness (QED) is 0.711. The van der Waals surface area contributed by atoms with Crippen LogP contribution in [0.5, 0.6) is 0 Å². The maximum absolute atomic E-state index is 4.36. The molecule has 104 valence electrons. The molecule has 2 aliphatic rings. The first-order valence-electron chi connectivity index (χ1n) is 7.75. The number of rotatable bonds is 2. The van der Waals surface area contributed by atoms with Crippen LogP contribution in [0.1, 0.15) is 24.0 Å². The van der Waals surface area contributed by atoms with Crippen LogP contribution in [0.15, 0.2) is 85.0 Å². The van der Waals surface area contributed by atoms with Crippen molar-refractivity contribution >= 4 is 0 Å². The molecule has 0 aromatic heterocycles. The number of benzene rings is 2. The molecule has 2 aromatic carbocycles. The number of hydrogen-bond donors (Lipinski definition) is 0. The Kier molecular flexibility index (Phi) is 2.68. The zero-order valence-corrected chi connectivity index (χ0v) is 12.3. The van der Waals surface area contributed by atoms with E-state index >= 15 is 0 Å². The van der Waals surface area contributed by atoms with Gasteiger partial charge in [-0.3, -0.25) is 0 Å². The van der Waals surface area contributed by atoms with E-state index in [4.69, 9.17) is 0 Å². The Hall–Kier alpha value is -2.08. The Morgan fingerprint density at radius 1 is 0.667 bits per heavy atom. The molecule has 2 aromatic rings. The van der Waals surface area contributed by atoms with Gasteiger partial charge < -0.3 is 0 Å². The van der Waals surface area contributed by atoms with Crippen molar-refractivity contribution in [3.8, 4) is 0 Å². The van der Waals surface area contributed by atoms with E-state index in [0.717, 1.165) is 0 Å². The molecule has 0 heteroatoms.